The fourth-order valence-electron chi connectivity index (χ4n) is 3.91. The molecular weight excluding hydrogens is 390 g/mol. The van der Waals surface area contributed by atoms with E-state index in [1.165, 1.54) is 77.0 Å². The Morgan fingerprint density at radius 1 is 0.800 bits per heavy atom. The average molecular weight is 436 g/mol. The summed E-state index contributed by atoms with van der Waals surface area (Å²) in [6.07, 6.45) is 22.2. The van der Waals surface area contributed by atoms with Crippen LogP contribution in [-0.4, -0.2) is 24.8 Å². The van der Waals surface area contributed by atoms with E-state index >= 15 is 0 Å². The van der Waals surface area contributed by atoms with Gasteiger partial charge < -0.3 is 0 Å². The molecule has 30 heavy (non-hydrogen) atoms. The van der Waals surface area contributed by atoms with Crippen LogP contribution >= 0.6 is 12.4 Å². The van der Waals surface area contributed by atoms with Gasteiger partial charge in [-0.25, -0.2) is 0 Å². The summed E-state index contributed by atoms with van der Waals surface area (Å²) in [6.45, 7) is 2.27. The van der Waals surface area contributed by atoms with E-state index in [1.807, 2.05) is 37.2 Å². The Morgan fingerprint density at radius 2 is 1.30 bits per heavy atom. The second kappa shape index (κ2) is 19.8. The molecule has 0 amide bonds. The Morgan fingerprint density at radius 3 is 1.83 bits per heavy atom. The number of Topliss-reactive ketones (excluding diaryl/α,β-unsaturated/α-hetero) is 1. The minimum absolute atomic E-state index is 0. The van der Waals surface area contributed by atoms with Gasteiger partial charge in [0, 0.05) is 6.42 Å². The first-order valence-electron chi connectivity index (χ1n) is 12.1. The summed E-state index contributed by atoms with van der Waals surface area (Å²) in [7, 11) is 3.99. The molecule has 0 saturated heterocycles. The third kappa shape index (κ3) is 14.0. The van der Waals surface area contributed by atoms with Gasteiger partial charge in [0.05, 0.1) is 6.04 Å². The van der Waals surface area contributed by atoms with Crippen LogP contribution in [0, 0.1) is 0 Å². The van der Waals surface area contributed by atoms with Crippen molar-refractivity contribution in [2.75, 3.05) is 14.1 Å². The molecule has 0 bridgehead atoms. The van der Waals surface area contributed by atoms with Crippen molar-refractivity contribution in [2.45, 2.75) is 103 Å². The number of hydrogen-bond acceptors (Lipinski definition) is 2. The van der Waals surface area contributed by atoms with E-state index in [1.54, 1.807) is 0 Å². The summed E-state index contributed by atoms with van der Waals surface area (Å²) in [5.41, 5.74) is 1.11. The van der Waals surface area contributed by atoms with Crippen LogP contribution in [0.1, 0.15) is 108 Å². The molecule has 0 radical (unpaired) electrons. The zero-order valence-corrected chi connectivity index (χ0v) is 20.6. The standard InChI is InChI=1S/C27H45NO.ClH/c1-4-5-6-7-8-9-10-11-12-13-14-15-16-17-21-24-26(29)27(28(2)3)25-22-19-18-20-23-25;/h11-12,18-20,22-23,27H,4-10,13-17,21,24H2,1-3H3;1H. The lowest BCUT2D eigenvalue weighted by molar-refractivity contribution is -0.123. The largest absolute Gasteiger partial charge is 0.298 e. The molecule has 0 aliphatic carbocycles. The molecule has 0 saturated carbocycles. The molecule has 0 spiro atoms. The number of likely N-dealkylation sites (N-methyl/N-ethyl adjacent to an activating group) is 1. The first kappa shape index (κ1) is 28.9. The summed E-state index contributed by atoms with van der Waals surface area (Å²) >= 11 is 0. The molecule has 0 aliphatic heterocycles. The molecule has 0 aromatic heterocycles. The van der Waals surface area contributed by atoms with Gasteiger partial charge in [0.15, 0.2) is 5.78 Å². The molecule has 1 unspecified atom stereocenters. The number of unbranched alkanes of at least 4 members (excludes halogenated alkanes) is 11. The zero-order valence-electron chi connectivity index (χ0n) is 19.8. The second-order valence-electron chi connectivity index (χ2n) is 8.58. The van der Waals surface area contributed by atoms with Crippen molar-refractivity contribution < 1.29 is 4.79 Å². The Bertz CT molecular complexity index is 541. The summed E-state index contributed by atoms with van der Waals surface area (Å²) in [5.74, 6) is 0.346. The molecule has 0 fully saturated rings. The summed E-state index contributed by atoms with van der Waals surface area (Å²) in [4.78, 5) is 14.7. The highest BCUT2D eigenvalue weighted by molar-refractivity contribution is 5.85. The van der Waals surface area contributed by atoms with Crippen LogP contribution in [0.4, 0.5) is 0 Å². The van der Waals surface area contributed by atoms with E-state index in [0.29, 0.717) is 12.2 Å². The van der Waals surface area contributed by atoms with E-state index in [-0.39, 0.29) is 18.4 Å². The van der Waals surface area contributed by atoms with E-state index in [4.69, 9.17) is 0 Å². The fourth-order valence-corrected chi connectivity index (χ4v) is 3.91. The van der Waals surface area contributed by atoms with Gasteiger partial charge in [-0.1, -0.05) is 101 Å². The molecule has 172 valence electrons. The maximum Gasteiger partial charge on any atom is 0.154 e. The number of nitrogens with zero attached hydrogens (tertiary/aromatic N) is 1. The molecule has 1 aromatic carbocycles. The van der Waals surface area contributed by atoms with E-state index < -0.39 is 0 Å². The fraction of sp³-hybridized carbons (Fsp3) is 0.667. The van der Waals surface area contributed by atoms with Crippen molar-refractivity contribution in [2.24, 2.45) is 0 Å². The average Bonchev–Trinajstić information content (AvgIpc) is 2.71. The normalized spacial score (nSPS) is 12.3. The Balaban J connectivity index is 0.00000841. The van der Waals surface area contributed by atoms with Crippen LogP contribution in [-0.2, 0) is 4.79 Å². The van der Waals surface area contributed by atoms with Crippen LogP contribution in [0.2, 0.25) is 0 Å². The number of rotatable bonds is 18. The summed E-state index contributed by atoms with van der Waals surface area (Å²) in [6, 6.07) is 10.0. The molecule has 1 rings (SSSR count). The SMILES string of the molecule is CCCCCCCCC=CCCCCCCCC(=O)C(c1ccccc1)N(C)C.Cl. The first-order valence-corrected chi connectivity index (χ1v) is 12.1. The predicted octanol–water partition coefficient (Wildman–Crippen LogP) is 8.32. The number of allylic oxidation sites excluding steroid dienone is 2. The quantitative estimate of drug-likeness (QED) is 0.170. The van der Waals surface area contributed by atoms with Crippen LogP contribution in [0.15, 0.2) is 42.5 Å². The van der Waals surface area contributed by atoms with Gasteiger partial charge in [-0.2, -0.15) is 0 Å². The van der Waals surface area contributed by atoms with Crippen molar-refractivity contribution >= 4 is 18.2 Å². The van der Waals surface area contributed by atoms with Gasteiger partial charge in [-0.15, -0.1) is 12.4 Å². The predicted molar refractivity (Wildman–Crippen MR) is 135 cm³/mol. The third-order valence-electron chi connectivity index (χ3n) is 5.62. The minimum Gasteiger partial charge on any atom is -0.298 e. The van der Waals surface area contributed by atoms with Gasteiger partial charge in [-0.3, -0.25) is 9.69 Å². The van der Waals surface area contributed by atoms with E-state index in [9.17, 15) is 4.79 Å². The molecule has 2 nitrogen and oxygen atoms in total. The van der Waals surface area contributed by atoms with Crippen LogP contribution in [0.3, 0.4) is 0 Å². The van der Waals surface area contributed by atoms with Gasteiger partial charge >= 0.3 is 0 Å². The number of carbonyl (C=O) groups excluding carboxylic acids is 1. The molecule has 0 aliphatic rings. The number of ketones is 1. The molecule has 3 heteroatoms. The smallest absolute Gasteiger partial charge is 0.154 e. The molecule has 1 atom stereocenters. The Kier molecular flexibility index (Phi) is 19.1. The lowest BCUT2D eigenvalue weighted by Gasteiger charge is -2.23. The summed E-state index contributed by atoms with van der Waals surface area (Å²) < 4.78 is 0. The Hall–Kier alpha value is -1.12. The van der Waals surface area contributed by atoms with Gasteiger partial charge in [0.2, 0.25) is 0 Å². The van der Waals surface area contributed by atoms with Gasteiger partial charge in [-0.05, 0) is 51.8 Å². The van der Waals surface area contributed by atoms with Crippen molar-refractivity contribution in [1.82, 2.24) is 4.90 Å². The van der Waals surface area contributed by atoms with E-state index in [2.05, 4.69) is 31.2 Å². The second-order valence-corrected chi connectivity index (χ2v) is 8.58. The molecule has 1 aromatic rings. The zero-order chi connectivity index (χ0) is 21.2. The van der Waals surface area contributed by atoms with Crippen molar-refractivity contribution in [3.63, 3.8) is 0 Å². The topological polar surface area (TPSA) is 20.3 Å². The van der Waals surface area contributed by atoms with E-state index in [0.717, 1.165) is 12.0 Å². The first-order chi connectivity index (χ1) is 14.2. The van der Waals surface area contributed by atoms with Crippen molar-refractivity contribution in [3.8, 4) is 0 Å². The monoisotopic (exact) mass is 435 g/mol. The molecule has 0 N–H and O–H groups in total. The van der Waals surface area contributed by atoms with Crippen molar-refractivity contribution in [1.29, 1.82) is 0 Å². The highest BCUT2D eigenvalue weighted by Gasteiger charge is 2.21. The molecule has 0 heterocycles. The molecular formula is C27H46ClNO. The number of hydrogen-bond donors (Lipinski definition) is 0. The third-order valence-corrected chi connectivity index (χ3v) is 5.62. The van der Waals surface area contributed by atoms with Crippen molar-refractivity contribution in [3.05, 3.63) is 48.0 Å². The lowest BCUT2D eigenvalue weighted by atomic mass is 9.97. The maximum atomic E-state index is 12.7. The minimum atomic E-state index is -0.104. The Labute approximate surface area is 192 Å². The number of halogens is 1. The number of benzene rings is 1. The van der Waals surface area contributed by atoms with Crippen LogP contribution < -0.4 is 0 Å². The highest BCUT2D eigenvalue weighted by Crippen LogP contribution is 2.22. The highest BCUT2D eigenvalue weighted by atomic mass is 35.5. The van der Waals surface area contributed by atoms with Crippen LogP contribution in [0.25, 0.3) is 0 Å². The summed E-state index contributed by atoms with van der Waals surface area (Å²) in [5, 5.41) is 0. The maximum absolute atomic E-state index is 12.7. The van der Waals surface area contributed by atoms with Gasteiger partial charge in [0.1, 0.15) is 0 Å². The number of carbonyl (C=O) groups is 1. The lowest BCUT2D eigenvalue weighted by Crippen LogP contribution is -2.27. The van der Waals surface area contributed by atoms with Gasteiger partial charge in [0.25, 0.3) is 0 Å². The van der Waals surface area contributed by atoms with Crippen LogP contribution in [0.5, 0.6) is 0 Å².